The minimum atomic E-state index is -0.228. The molecule has 0 spiro atoms. The molecule has 2 aliphatic heterocycles. The molecule has 3 rings (SSSR count). The number of aliphatic imine (C=N–C) groups is 1. The van der Waals surface area contributed by atoms with Crippen LogP contribution in [0.2, 0.25) is 5.02 Å². The number of benzene rings is 1. The van der Waals surface area contributed by atoms with Crippen LogP contribution in [-0.4, -0.2) is 69.5 Å². The van der Waals surface area contributed by atoms with E-state index in [0.29, 0.717) is 12.5 Å². The standard InChI is InChI=1S/C18H27ClN4O2/c1-24-18(6-12-25-13-7-18)14-21-17(20)23-10-8-22(9-11-23)16-4-2-15(19)3-5-16/h2-5H,6-14H2,1H3,(H2,20,21). The fraction of sp³-hybridized carbons (Fsp3) is 0.611. The highest BCUT2D eigenvalue weighted by atomic mass is 35.5. The highest BCUT2D eigenvalue weighted by Gasteiger charge is 2.32. The lowest BCUT2D eigenvalue weighted by Gasteiger charge is -2.38. The smallest absolute Gasteiger partial charge is 0.191 e. The van der Waals surface area contributed by atoms with Crippen molar-refractivity contribution < 1.29 is 9.47 Å². The Labute approximate surface area is 154 Å². The lowest BCUT2D eigenvalue weighted by Crippen LogP contribution is -2.51. The number of guanidine groups is 1. The van der Waals surface area contributed by atoms with Crippen molar-refractivity contribution in [1.29, 1.82) is 0 Å². The average molecular weight is 367 g/mol. The second-order valence-electron chi connectivity index (χ2n) is 6.62. The number of anilines is 1. The molecule has 2 saturated heterocycles. The van der Waals surface area contributed by atoms with Crippen LogP contribution >= 0.6 is 11.6 Å². The molecule has 2 N–H and O–H groups in total. The highest BCUT2D eigenvalue weighted by molar-refractivity contribution is 6.30. The summed E-state index contributed by atoms with van der Waals surface area (Å²) in [6.07, 6.45) is 1.73. The summed E-state index contributed by atoms with van der Waals surface area (Å²) in [4.78, 5) is 9.12. The first-order valence-corrected chi connectivity index (χ1v) is 9.18. The summed E-state index contributed by atoms with van der Waals surface area (Å²) in [7, 11) is 1.75. The summed E-state index contributed by atoms with van der Waals surface area (Å²) in [5, 5.41) is 0.763. The van der Waals surface area contributed by atoms with Crippen LogP contribution in [0, 0.1) is 0 Å². The molecule has 138 valence electrons. The Bertz CT molecular complexity index is 579. The number of methoxy groups -OCH3 is 1. The van der Waals surface area contributed by atoms with E-state index in [2.05, 4.69) is 26.9 Å². The number of hydrogen-bond acceptors (Lipinski definition) is 4. The topological polar surface area (TPSA) is 63.3 Å². The predicted octanol–water partition coefficient (Wildman–Crippen LogP) is 1.97. The lowest BCUT2D eigenvalue weighted by atomic mass is 9.94. The largest absolute Gasteiger partial charge is 0.381 e. The molecule has 25 heavy (non-hydrogen) atoms. The van der Waals surface area contributed by atoms with Gasteiger partial charge in [0.05, 0.1) is 12.1 Å². The van der Waals surface area contributed by atoms with Gasteiger partial charge in [0.1, 0.15) is 0 Å². The van der Waals surface area contributed by atoms with Gasteiger partial charge in [0, 0.05) is 70.1 Å². The summed E-state index contributed by atoms with van der Waals surface area (Å²) in [6, 6.07) is 7.97. The number of ether oxygens (including phenoxy) is 2. The molecule has 0 atom stereocenters. The molecule has 0 bridgehead atoms. The zero-order chi connectivity index (χ0) is 17.7. The molecule has 1 aromatic carbocycles. The number of rotatable bonds is 4. The first-order chi connectivity index (χ1) is 12.1. The van der Waals surface area contributed by atoms with Crippen molar-refractivity contribution in [2.45, 2.75) is 18.4 Å². The molecule has 0 radical (unpaired) electrons. The molecule has 0 aromatic heterocycles. The molecule has 1 aromatic rings. The monoisotopic (exact) mass is 366 g/mol. The third-order valence-corrected chi connectivity index (χ3v) is 5.41. The maximum absolute atomic E-state index is 6.24. The molecule has 6 nitrogen and oxygen atoms in total. The van der Waals surface area contributed by atoms with Crippen LogP contribution in [0.1, 0.15) is 12.8 Å². The molecule has 0 aliphatic carbocycles. The van der Waals surface area contributed by atoms with Crippen molar-refractivity contribution >= 4 is 23.2 Å². The average Bonchev–Trinajstić information content (AvgIpc) is 2.67. The predicted molar refractivity (Wildman–Crippen MR) is 102 cm³/mol. The second-order valence-corrected chi connectivity index (χ2v) is 7.06. The van der Waals surface area contributed by atoms with Crippen molar-refractivity contribution in [1.82, 2.24) is 4.90 Å². The van der Waals surface area contributed by atoms with Crippen molar-refractivity contribution in [3.05, 3.63) is 29.3 Å². The molecular formula is C18H27ClN4O2. The maximum Gasteiger partial charge on any atom is 0.191 e. The SMILES string of the molecule is COC1(CN=C(N)N2CCN(c3ccc(Cl)cc3)CC2)CCOCC1. The van der Waals surface area contributed by atoms with Gasteiger partial charge in [0.2, 0.25) is 0 Å². The van der Waals surface area contributed by atoms with E-state index >= 15 is 0 Å². The van der Waals surface area contributed by atoms with Crippen LogP contribution in [0.4, 0.5) is 5.69 Å². The molecule has 2 fully saturated rings. The van der Waals surface area contributed by atoms with E-state index in [1.807, 2.05) is 12.1 Å². The van der Waals surface area contributed by atoms with Gasteiger partial charge in [-0.25, -0.2) is 0 Å². The van der Waals surface area contributed by atoms with Crippen LogP contribution < -0.4 is 10.6 Å². The van der Waals surface area contributed by atoms with E-state index in [-0.39, 0.29) is 5.60 Å². The third-order valence-electron chi connectivity index (χ3n) is 5.16. The van der Waals surface area contributed by atoms with Gasteiger partial charge in [-0.15, -0.1) is 0 Å². The Hall–Kier alpha value is -1.50. The minimum Gasteiger partial charge on any atom is -0.381 e. The Morgan fingerprint density at radius 2 is 1.84 bits per heavy atom. The van der Waals surface area contributed by atoms with E-state index in [1.54, 1.807) is 7.11 Å². The minimum absolute atomic E-state index is 0.228. The Morgan fingerprint density at radius 3 is 2.44 bits per heavy atom. The number of nitrogens with zero attached hydrogens (tertiary/aromatic N) is 3. The van der Waals surface area contributed by atoms with Gasteiger partial charge in [-0.05, 0) is 24.3 Å². The Morgan fingerprint density at radius 1 is 1.20 bits per heavy atom. The molecule has 2 aliphatic rings. The Kier molecular flexibility index (Phi) is 6.04. The van der Waals surface area contributed by atoms with E-state index in [0.717, 1.165) is 57.3 Å². The van der Waals surface area contributed by atoms with Gasteiger partial charge in [0.25, 0.3) is 0 Å². The number of halogens is 1. The zero-order valence-electron chi connectivity index (χ0n) is 14.8. The lowest BCUT2D eigenvalue weighted by molar-refractivity contribution is -0.0829. The van der Waals surface area contributed by atoms with Gasteiger partial charge in [0.15, 0.2) is 5.96 Å². The zero-order valence-corrected chi connectivity index (χ0v) is 15.5. The quantitative estimate of drug-likeness (QED) is 0.652. The van der Waals surface area contributed by atoms with Crippen molar-refractivity contribution in [2.24, 2.45) is 10.7 Å². The molecule has 0 saturated carbocycles. The van der Waals surface area contributed by atoms with Gasteiger partial charge in [-0.2, -0.15) is 0 Å². The summed E-state index contributed by atoms with van der Waals surface area (Å²) in [5.74, 6) is 0.610. The molecule has 7 heteroatoms. The van der Waals surface area contributed by atoms with Crippen molar-refractivity contribution in [3.8, 4) is 0 Å². The van der Waals surface area contributed by atoms with Crippen molar-refractivity contribution in [3.63, 3.8) is 0 Å². The van der Waals surface area contributed by atoms with Crippen LogP contribution in [0.25, 0.3) is 0 Å². The fourth-order valence-electron chi connectivity index (χ4n) is 3.34. The third kappa shape index (κ3) is 4.57. The Balaban J connectivity index is 1.53. The van der Waals surface area contributed by atoms with Crippen LogP contribution in [0.5, 0.6) is 0 Å². The highest BCUT2D eigenvalue weighted by Crippen LogP contribution is 2.25. The van der Waals surface area contributed by atoms with Crippen molar-refractivity contribution in [2.75, 3.05) is 57.9 Å². The van der Waals surface area contributed by atoms with E-state index in [1.165, 1.54) is 5.69 Å². The number of hydrogen-bond donors (Lipinski definition) is 1. The summed E-state index contributed by atoms with van der Waals surface area (Å²) in [5.41, 5.74) is 7.20. The molecule has 0 unspecified atom stereocenters. The molecule has 2 heterocycles. The first-order valence-electron chi connectivity index (χ1n) is 8.80. The van der Waals surface area contributed by atoms with Crippen LogP contribution in [0.3, 0.4) is 0 Å². The fourth-order valence-corrected chi connectivity index (χ4v) is 3.47. The van der Waals surface area contributed by atoms with Crippen LogP contribution in [0.15, 0.2) is 29.3 Å². The molecular weight excluding hydrogens is 340 g/mol. The summed E-state index contributed by atoms with van der Waals surface area (Å²) >= 11 is 5.96. The second kappa shape index (κ2) is 8.25. The first kappa shape index (κ1) is 18.3. The molecule has 0 amide bonds. The van der Waals surface area contributed by atoms with Crippen LogP contribution in [-0.2, 0) is 9.47 Å². The normalized spacial score (nSPS) is 21.4. The van der Waals surface area contributed by atoms with E-state index in [4.69, 9.17) is 26.8 Å². The van der Waals surface area contributed by atoms with Gasteiger partial charge >= 0.3 is 0 Å². The van der Waals surface area contributed by atoms with E-state index < -0.39 is 0 Å². The number of piperazine rings is 1. The number of nitrogens with two attached hydrogens (primary N) is 1. The van der Waals surface area contributed by atoms with Gasteiger partial charge in [-0.3, -0.25) is 4.99 Å². The summed E-state index contributed by atoms with van der Waals surface area (Å²) in [6.45, 7) is 5.60. The van der Waals surface area contributed by atoms with E-state index in [9.17, 15) is 0 Å². The van der Waals surface area contributed by atoms with Gasteiger partial charge in [-0.1, -0.05) is 11.6 Å². The maximum atomic E-state index is 6.24. The van der Waals surface area contributed by atoms with Gasteiger partial charge < -0.3 is 25.0 Å². The summed E-state index contributed by atoms with van der Waals surface area (Å²) < 4.78 is 11.1.